The van der Waals surface area contributed by atoms with Crippen molar-refractivity contribution in [3.05, 3.63) is 53.9 Å². The highest BCUT2D eigenvalue weighted by atomic mass is 16.5. The summed E-state index contributed by atoms with van der Waals surface area (Å²) in [4.78, 5) is 4.51. The molecular weight excluding hydrogens is 304 g/mol. The van der Waals surface area contributed by atoms with Crippen molar-refractivity contribution in [3.8, 4) is 5.75 Å². The van der Waals surface area contributed by atoms with Crippen LogP contribution >= 0.6 is 0 Å². The zero-order valence-electron chi connectivity index (χ0n) is 13.6. The van der Waals surface area contributed by atoms with Gasteiger partial charge in [0.05, 0.1) is 25.0 Å². The molecule has 6 heteroatoms. The Morgan fingerprint density at radius 2 is 2.25 bits per heavy atom. The lowest BCUT2D eigenvalue weighted by molar-refractivity contribution is 0.181. The fourth-order valence-electron chi connectivity index (χ4n) is 3.06. The van der Waals surface area contributed by atoms with E-state index in [9.17, 15) is 0 Å². The number of anilines is 1. The minimum Gasteiger partial charge on any atom is -0.488 e. The van der Waals surface area contributed by atoms with E-state index in [-0.39, 0.29) is 6.10 Å². The average Bonchev–Trinajstić information content (AvgIpc) is 3.08. The average molecular weight is 324 g/mol. The smallest absolute Gasteiger partial charge is 0.157 e. The quantitative estimate of drug-likeness (QED) is 0.782. The van der Waals surface area contributed by atoms with Crippen LogP contribution in [0.2, 0.25) is 0 Å². The highest BCUT2D eigenvalue weighted by Gasteiger charge is 2.19. The normalized spacial score (nSPS) is 16.6. The van der Waals surface area contributed by atoms with Gasteiger partial charge in [0.15, 0.2) is 5.65 Å². The van der Waals surface area contributed by atoms with Crippen LogP contribution in [-0.4, -0.2) is 34.4 Å². The molecule has 2 aromatic heterocycles. The number of aromatic nitrogens is 3. The van der Waals surface area contributed by atoms with Crippen LogP contribution in [0.1, 0.15) is 17.7 Å². The van der Waals surface area contributed by atoms with Crippen LogP contribution < -0.4 is 10.1 Å². The number of methoxy groups -OCH3 is 1. The molecule has 6 nitrogen and oxygen atoms in total. The molecule has 1 aliphatic rings. The Balaban J connectivity index is 1.50. The summed E-state index contributed by atoms with van der Waals surface area (Å²) in [5.41, 5.74) is 2.97. The number of rotatable bonds is 5. The van der Waals surface area contributed by atoms with Gasteiger partial charge in [-0.1, -0.05) is 18.2 Å². The largest absolute Gasteiger partial charge is 0.488 e. The van der Waals surface area contributed by atoms with E-state index in [2.05, 4.69) is 27.5 Å². The highest BCUT2D eigenvalue weighted by Crippen LogP contribution is 2.27. The second kappa shape index (κ2) is 6.49. The zero-order valence-corrected chi connectivity index (χ0v) is 13.6. The van der Waals surface area contributed by atoms with E-state index in [1.54, 1.807) is 17.8 Å². The van der Waals surface area contributed by atoms with Gasteiger partial charge < -0.3 is 14.8 Å². The lowest BCUT2D eigenvalue weighted by Gasteiger charge is -2.26. The first-order chi connectivity index (χ1) is 11.8. The summed E-state index contributed by atoms with van der Waals surface area (Å²) < 4.78 is 13.1. The SMILES string of the molecule is COCc1cc(NC[C@H]2CCc3ccccc3O2)n2nccc2n1. The lowest BCUT2D eigenvalue weighted by atomic mass is 10.0. The van der Waals surface area contributed by atoms with E-state index in [0.717, 1.165) is 42.3 Å². The topological polar surface area (TPSA) is 60.7 Å². The molecule has 0 radical (unpaired) electrons. The molecule has 1 aliphatic heterocycles. The maximum atomic E-state index is 6.09. The highest BCUT2D eigenvalue weighted by molar-refractivity contribution is 5.49. The maximum absolute atomic E-state index is 6.09. The molecule has 0 spiro atoms. The fraction of sp³-hybridized carbons (Fsp3) is 0.333. The molecule has 3 aromatic rings. The summed E-state index contributed by atoms with van der Waals surface area (Å²) in [6.45, 7) is 1.20. The van der Waals surface area contributed by atoms with Crippen LogP contribution in [0.5, 0.6) is 5.75 Å². The van der Waals surface area contributed by atoms with Crippen LogP contribution in [0.4, 0.5) is 5.82 Å². The monoisotopic (exact) mass is 324 g/mol. The van der Waals surface area contributed by atoms with E-state index < -0.39 is 0 Å². The third-order valence-electron chi connectivity index (χ3n) is 4.22. The van der Waals surface area contributed by atoms with Gasteiger partial charge in [-0.3, -0.25) is 0 Å². The number of para-hydroxylation sites is 1. The van der Waals surface area contributed by atoms with Crippen molar-refractivity contribution in [2.75, 3.05) is 19.0 Å². The van der Waals surface area contributed by atoms with Crippen molar-refractivity contribution in [3.63, 3.8) is 0 Å². The molecule has 3 heterocycles. The van der Waals surface area contributed by atoms with Crippen molar-refractivity contribution in [1.82, 2.24) is 14.6 Å². The first-order valence-corrected chi connectivity index (χ1v) is 8.14. The van der Waals surface area contributed by atoms with Gasteiger partial charge in [-0.2, -0.15) is 9.61 Å². The first kappa shape index (κ1) is 15.0. The van der Waals surface area contributed by atoms with Crippen molar-refractivity contribution < 1.29 is 9.47 Å². The number of aryl methyl sites for hydroxylation is 1. The molecule has 0 fully saturated rings. The Hall–Kier alpha value is -2.60. The standard InChI is InChI=1S/C18H20N4O2/c1-23-12-14-10-18(22-17(21-14)8-9-20-22)19-11-15-7-6-13-4-2-3-5-16(13)24-15/h2-5,8-10,15,19H,6-7,11-12H2,1H3/t15-/m1/s1. The minimum absolute atomic E-state index is 0.143. The Morgan fingerprint density at radius 1 is 1.33 bits per heavy atom. The van der Waals surface area contributed by atoms with Crippen molar-refractivity contribution >= 4 is 11.5 Å². The van der Waals surface area contributed by atoms with Crippen LogP contribution in [0.15, 0.2) is 42.6 Å². The molecule has 0 amide bonds. The van der Waals surface area contributed by atoms with Crippen molar-refractivity contribution in [1.29, 1.82) is 0 Å². The number of fused-ring (bicyclic) bond motifs is 2. The Bertz CT molecular complexity index is 846. The maximum Gasteiger partial charge on any atom is 0.157 e. The van der Waals surface area contributed by atoms with E-state index in [0.29, 0.717) is 6.61 Å². The Kier molecular flexibility index (Phi) is 4.04. The first-order valence-electron chi connectivity index (χ1n) is 8.14. The third-order valence-corrected chi connectivity index (χ3v) is 4.22. The summed E-state index contributed by atoms with van der Waals surface area (Å²) in [7, 11) is 1.67. The van der Waals surface area contributed by atoms with Gasteiger partial charge in [-0.05, 0) is 24.5 Å². The zero-order chi connectivity index (χ0) is 16.4. The molecule has 0 aliphatic carbocycles. The number of hydrogen-bond donors (Lipinski definition) is 1. The predicted octanol–water partition coefficient (Wildman–Crippen LogP) is 2.68. The fourth-order valence-corrected chi connectivity index (χ4v) is 3.06. The molecule has 0 unspecified atom stereocenters. The van der Waals surface area contributed by atoms with E-state index >= 15 is 0 Å². The minimum atomic E-state index is 0.143. The molecule has 1 N–H and O–H groups in total. The van der Waals surface area contributed by atoms with Crippen LogP contribution in [0.3, 0.4) is 0 Å². The van der Waals surface area contributed by atoms with E-state index in [1.807, 2.05) is 24.3 Å². The number of ether oxygens (including phenoxy) is 2. The second-order valence-corrected chi connectivity index (χ2v) is 5.93. The summed E-state index contributed by atoms with van der Waals surface area (Å²) >= 11 is 0. The molecular formula is C18H20N4O2. The Morgan fingerprint density at radius 3 is 3.17 bits per heavy atom. The number of nitrogens with zero attached hydrogens (tertiary/aromatic N) is 3. The summed E-state index contributed by atoms with van der Waals surface area (Å²) in [5.74, 6) is 1.90. The van der Waals surface area contributed by atoms with Crippen LogP contribution in [0, 0.1) is 0 Å². The molecule has 24 heavy (non-hydrogen) atoms. The number of hydrogen-bond acceptors (Lipinski definition) is 5. The Labute approximate surface area is 140 Å². The molecule has 0 bridgehead atoms. The van der Waals surface area contributed by atoms with Gasteiger partial charge in [-0.25, -0.2) is 4.98 Å². The number of nitrogens with one attached hydrogen (secondary N) is 1. The molecule has 0 saturated heterocycles. The van der Waals surface area contributed by atoms with Gasteiger partial charge in [0.1, 0.15) is 17.7 Å². The molecule has 0 saturated carbocycles. The van der Waals surface area contributed by atoms with Crippen molar-refractivity contribution in [2.45, 2.75) is 25.6 Å². The van der Waals surface area contributed by atoms with E-state index in [4.69, 9.17) is 9.47 Å². The second-order valence-electron chi connectivity index (χ2n) is 5.93. The summed E-state index contributed by atoms with van der Waals surface area (Å²) in [6, 6.07) is 12.1. The van der Waals surface area contributed by atoms with Crippen LogP contribution in [-0.2, 0) is 17.8 Å². The lowest BCUT2D eigenvalue weighted by Crippen LogP contribution is -2.30. The molecule has 4 rings (SSSR count). The molecule has 1 aromatic carbocycles. The van der Waals surface area contributed by atoms with Gasteiger partial charge in [0.2, 0.25) is 0 Å². The van der Waals surface area contributed by atoms with E-state index in [1.165, 1.54) is 5.56 Å². The summed E-state index contributed by atoms with van der Waals surface area (Å²) in [6.07, 6.45) is 3.94. The molecule has 1 atom stereocenters. The van der Waals surface area contributed by atoms with Gasteiger partial charge in [0.25, 0.3) is 0 Å². The van der Waals surface area contributed by atoms with Crippen LogP contribution in [0.25, 0.3) is 5.65 Å². The van der Waals surface area contributed by atoms with Gasteiger partial charge >= 0.3 is 0 Å². The molecule has 124 valence electrons. The predicted molar refractivity (Wildman–Crippen MR) is 91.4 cm³/mol. The summed E-state index contributed by atoms with van der Waals surface area (Å²) in [5, 5.41) is 7.78. The van der Waals surface area contributed by atoms with Gasteiger partial charge in [0, 0.05) is 19.2 Å². The third kappa shape index (κ3) is 2.92. The van der Waals surface area contributed by atoms with Gasteiger partial charge in [-0.15, -0.1) is 0 Å². The number of benzene rings is 1. The van der Waals surface area contributed by atoms with Crippen molar-refractivity contribution in [2.24, 2.45) is 0 Å².